The molecule has 0 N–H and O–H groups in total. The molecule has 0 unspecified atom stereocenters. The summed E-state index contributed by atoms with van der Waals surface area (Å²) in [4.78, 5) is 16.2. The summed E-state index contributed by atoms with van der Waals surface area (Å²) in [5.74, 6) is -0.294. The molecular weight excluding hydrogens is 282 g/mol. The Balaban J connectivity index is 1.67. The molecule has 1 aliphatic rings. The summed E-state index contributed by atoms with van der Waals surface area (Å²) in [6, 6.07) is 7.68. The maximum absolute atomic E-state index is 12.2. The number of esters is 1. The normalized spacial score (nSPS) is 22.5. The quantitative estimate of drug-likeness (QED) is 0.811. The number of ether oxygens (including phenoxy) is 2. The van der Waals surface area contributed by atoms with Crippen molar-refractivity contribution in [3.05, 3.63) is 42.5 Å². The van der Waals surface area contributed by atoms with Crippen LogP contribution in [0.5, 0.6) is 0 Å². The molecule has 3 rings (SSSR count). The molecule has 2 heterocycles. The van der Waals surface area contributed by atoms with E-state index in [1.54, 1.807) is 17.9 Å². The molecule has 1 saturated heterocycles. The molecule has 2 atom stereocenters. The molecule has 0 spiro atoms. The van der Waals surface area contributed by atoms with Crippen molar-refractivity contribution in [1.29, 1.82) is 0 Å². The van der Waals surface area contributed by atoms with E-state index in [-0.39, 0.29) is 12.1 Å². The summed E-state index contributed by atoms with van der Waals surface area (Å²) < 4.78 is 12.7. The van der Waals surface area contributed by atoms with Crippen LogP contribution in [0, 0.1) is 0 Å². The molecule has 0 bridgehead atoms. The van der Waals surface area contributed by atoms with Crippen LogP contribution in [0.4, 0.5) is 0 Å². The van der Waals surface area contributed by atoms with Gasteiger partial charge in [-0.2, -0.15) is 5.10 Å². The Hall–Kier alpha value is -2.21. The van der Waals surface area contributed by atoms with Gasteiger partial charge in [0.15, 0.2) is 5.60 Å². The van der Waals surface area contributed by atoms with Crippen LogP contribution < -0.4 is 0 Å². The lowest BCUT2D eigenvalue weighted by Crippen LogP contribution is -2.36. The van der Waals surface area contributed by atoms with E-state index in [1.807, 2.05) is 31.2 Å². The lowest BCUT2D eigenvalue weighted by Gasteiger charge is -2.24. The Bertz CT molecular complexity index is 631. The van der Waals surface area contributed by atoms with Crippen LogP contribution in [0.25, 0.3) is 5.69 Å². The number of hydrogen-bond donors (Lipinski definition) is 0. The minimum Gasteiger partial charge on any atom is -0.456 e. The first kappa shape index (κ1) is 14.7. The van der Waals surface area contributed by atoms with Gasteiger partial charge in [-0.25, -0.2) is 14.5 Å². The number of aromatic nitrogens is 3. The van der Waals surface area contributed by atoms with Gasteiger partial charge in [-0.15, -0.1) is 0 Å². The van der Waals surface area contributed by atoms with E-state index in [9.17, 15) is 4.79 Å². The van der Waals surface area contributed by atoms with Crippen LogP contribution in [0.2, 0.25) is 0 Å². The van der Waals surface area contributed by atoms with Gasteiger partial charge in [0.05, 0.1) is 5.69 Å². The van der Waals surface area contributed by atoms with Gasteiger partial charge < -0.3 is 9.47 Å². The summed E-state index contributed by atoms with van der Waals surface area (Å²) in [6.07, 6.45) is 4.41. The molecule has 2 aromatic rings. The maximum atomic E-state index is 12.2. The smallest absolute Gasteiger partial charge is 0.338 e. The second-order valence-electron chi connectivity index (χ2n) is 5.66. The highest BCUT2D eigenvalue weighted by Crippen LogP contribution is 2.29. The third-order valence-electron chi connectivity index (χ3n) is 3.98. The van der Waals surface area contributed by atoms with E-state index in [0.29, 0.717) is 13.0 Å². The van der Waals surface area contributed by atoms with Gasteiger partial charge in [0, 0.05) is 6.61 Å². The van der Waals surface area contributed by atoms with Crippen LogP contribution in [-0.4, -0.2) is 32.9 Å². The van der Waals surface area contributed by atoms with Gasteiger partial charge in [-0.05, 0) is 44.4 Å². The monoisotopic (exact) mass is 301 g/mol. The van der Waals surface area contributed by atoms with Crippen LogP contribution in [0.1, 0.15) is 38.4 Å². The molecule has 116 valence electrons. The van der Waals surface area contributed by atoms with Crippen LogP contribution in [0.15, 0.2) is 36.9 Å². The summed E-state index contributed by atoms with van der Waals surface area (Å²) >= 11 is 0. The van der Waals surface area contributed by atoms with Crippen molar-refractivity contribution in [2.45, 2.75) is 38.4 Å². The minimum atomic E-state index is -0.797. The highest BCUT2D eigenvalue weighted by atomic mass is 16.6. The number of rotatable bonds is 4. The Morgan fingerprint density at radius 3 is 2.77 bits per heavy atom. The Morgan fingerprint density at radius 1 is 1.41 bits per heavy atom. The Kier molecular flexibility index (Phi) is 3.94. The maximum Gasteiger partial charge on any atom is 0.338 e. The minimum absolute atomic E-state index is 0.294. The summed E-state index contributed by atoms with van der Waals surface area (Å²) in [5, 5.41) is 4.07. The van der Waals surface area contributed by atoms with Gasteiger partial charge in [0.2, 0.25) is 0 Å². The molecule has 1 fully saturated rings. The van der Waals surface area contributed by atoms with E-state index < -0.39 is 5.60 Å². The summed E-state index contributed by atoms with van der Waals surface area (Å²) in [5.41, 5.74) is 1.04. The van der Waals surface area contributed by atoms with Gasteiger partial charge >= 0.3 is 5.97 Å². The van der Waals surface area contributed by atoms with E-state index in [4.69, 9.17) is 9.47 Å². The van der Waals surface area contributed by atoms with Crippen molar-refractivity contribution < 1.29 is 14.3 Å². The summed E-state index contributed by atoms with van der Waals surface area (Å²) in [6.45, 7) is 4.27. The molecule has 1 aromatic carbocycles. The van der Waals surface area contributed by atoms with Crippen molar-refractivity contribution in [2.75, 3.05) is 6.61 Å². The zero-order valence-electron chi connectivity index (χ0n) is 12.7. The van der Waals surface area contributed by atoms with Crippen molar-refractivity contribution in [2.24, 2.45) is 0 Å². The number of nitrogens with zero attached hydrogens (tertiary/aromatic N) is 3. The fourth-order valence-electron chi connectivity index (χ4n) is 2.53. The van der Waals surface area contributed by atoms with Gasteiger partial charge in [0.25, 0.3) is 0 Å². The lowest BCUT2D eigenvalue weighted by atomic mass is 10.0. The van der Waals surface area contributed by atoms with Gasteiger partial charge in [-0.3, -0.25) is 0 Å². The number of hydrogen-bond acceptors (Lipinski definition) is 5. The third-order valence-corrected chi connectivity index (χ3v) is 3.98. The third kappa shape index (κ3) is 2.87. The van der Waals surface area contributed by atoms with Crippen molar-refractivity contribution in [3.63, 3.8) is 0 Å². The number of carbonyl (C=O) groups is 1. The Labute approximate surface area is 129 Å². The zero-order valence-corrected chi connectivity index (χ0v) is 12.7. The average Bonchev–Trinajstić information content (AvgIpc) is 3.19. The number of carbonyl (C=O) groups excluding carboxylic acids is 1. The predicted octanol–water partition coefficient (Wildman–Crippen LogP) is 2.44. The first-order valence-corrected chi connectivity index (χ1v) is 7.38. The lowest BCUT2D eigenvalue weighted by molar-refractivity contribution is -0.170. The first-order valence-electron chi connectivity index (χ1n) is 7.38. The Morgan fingerprint density at radius 2 is 2.18 bits per heavy atom. The molecule has 0 aliphatic carbocycles. The largest absolute Gasteiger partial charge is 0.456 e. The molecule has 6 heteroatoms. The zero-order chi connectivity index (χ0) is 15.6. The fraction of sp³-hybridized carbons (Fsp3) is 0.438. The second-order valence-corrected chi connectivity index (χ2v) is 5.66. The molecule has 22 heavy (non-hydrogen) atoms. The van der Waals surface area contributed by atoms with E-state index in [2.05, 4.69) is 10.1 Å². The molecule has 6 nitrogen and oxygen atoms in total. The molecule has 0 amide bonds. The second kappa shape index (κ2) is 5.88. The van der Waals surface area contributed by atoms with Crippen LogP contribution in [0.3, 0.4) is 0 Å². The van der Waals surface area contributed by atoms with Crippen molar-refractivity contribution in [1.82, 2.24) is 14.8 Å². The summed E-state index contributed by atoms with van der Waals surface area (Å²) in [7, 11) is 0. The van der Waals surface area contributed by atoms with Crippen molar-refractivity contribution >= 4 is 5.97 Å². The fourth-order valence-corrected chi connectivity index (χ4v) is 2.53. The predicted molar refractivity (Wildman–Crippen MR) is 79.5 cm³/mol. The van der Waals surface area contributed by atoms with E-state index >= 15 is 0 Å². The van der Waals surface area contributed by atoms with Gasteiger partial charge in [-0.1, -0.05) is 12.1 Å². The van der Waals surface area contributed by atoms with E-state index in [0.717, 1.165) is 17.7 Å². The highest BCUT2D eigenvalue weighted by Gasteiger charge is 2.40. The standard InChI is InChI=1S/C16H19N3O3/c1-12(22-15(20)16(2)8-3-9-21-16)13-4-6-14(7-5-13)19-11-17-10-18-19/h4-7,10-12H,3,8-9H2,1-2H3/t12-,16+/m1/s1. The molecule has 0 saturated carbocycles. The number of benzene rings is 1. The van der Waals surface area contributed by atoms with Crippen molar-refractivity contribution in [3.8, 4) is 5.69 Å². The molecule has 0 radical (unpaired) electrons. The average molecular weight is 301 g/mol. The highest BCUT2D eigenvalue weighted by molar-refractivity contribution is 5.79. The first-order chi connectivity index (χ1) is 10.6. The van der Waals surface area contributed by atoms with E-state index in [1.165, 1.54) is 6.33 Å². The van der Waals surface area contributed by atoms with Crippen LogP contribution >= 0.6 is 0 Å². The van der Waals surface area contributed by atoms with Gasteiger partial charge in [0.1, 0.15) is 18.8 Å². The molecule has 1 aliphatic heterocycles. The molecular formula is C16H19N3O3. The SMILES string of the molecule is C[C@@H](OC(=O)[C@]1(C)CCCO1)c1ccc(-n2cncn2)cc1. The van der Waals surface area contributed by atoms with Crippen LogP contribution in [-0.2, 0) is 14.3 Å². The molecule has 1 aromatic heterocycles. The topological polar surface area (TPSA) is 66.2 Å².